The van der Waals surface area contributed by atoms with Crippen LogP contribution in [0.2, 0.25) is 0 Å². The van der Waals surface area contributed by atoms with Gasteiger partial charge in [-0.25, -0.2) is 0 Å². The molecule has 5 heteroatoms. The molecule has 1 spiro atoms. The Balaban J connectivity index is 2.40. The standard InChI is InChI=1S/C6H2Br2O3/c7-3-1-6(10-11-6)2-4(8)5(3)9/h1-2H. The lowest BCUT2D eigenvalue weighted by molar-refractivity contribution is -0.111. The highest BCUT2D eigenvalue weighted by Gasteiger charge is 2.48. The number of Topliss-reactive ketones (excluding diaryl/α,β-unsaturated/α-hetero) is 1. The Kier molecular flexibility index (Phi) is 1.57. The van der Waals surface area contributed by atoms with Crippen molar-refractivity contribution in [2.45, 2.75) is 5.79 Å². The smallest absolute Gasteiger partial charge is 0.273 e. The van der Waals surface area contributed by atoms with Gasteiger partial charge in [0.1, 0.15) is 0 Å². The van der Waals surface area contributed by atoms with E-state index in [1.165, 1.54) is 0 Å². The molecule has 0 N–H and O–H groups in total. The maximum atomic E-state index is 11.1. The Morgan fingerprint density at radius 2 is 1.64 bits per heavy atom. The zero-order valence-electron chi connectivity index (χ0n) is 5.14. The van der Waals surface area contributed by atoms with E-state index in [4.69, 9.17) is 0 Å². The summed E-state index contributed by atoms with van der Waals surface area (Å²) in [4.78, 5) is 20.4. The quantitative estimate of drug-likeness (QED) is 0.502. The molecular weight excluding hydrogens is 280 g/mol. The van der Waals surface area contributed by atoms with Crippen LogP contribution >= 0.6 is 31.9 Å². The third-order valence-corrected chi connectivity index (χ3v) is 2.54. The van der Waals surface area contributed by atoms with Crippen LogP contribution in [0.1, 0.15) is 0 Å². The number of ketones is 1. The van der Waals surface area contributed by atoms with Crippen LogP contribution in [0.25, 0.3) is 0 Å². The lowest BCUT2D eigenvalue weighted by Gasteiger charge is -2.05. The Morgan fingerprint density at radius 1 is 1.18 bits per heavy atom. The Morgan fingerprint density at radius 3 is 2.00 bits per heavy atom. The van der Waals surface area contributed by atoms with E-state index in [9.17, 15) is 4.79 Å². The zero-order chi connectivity index (χ0) is 8.06. The van der Waals surface area contributed by atoms with Crippen LogP contribution in [0, 0.1) is 0 Å². The highest BCUT2D eigenvalue weighted by Crippen LogP contribution is 2.40. The van der Waals surface area contributed by atoms with Gasteiger partial charge in [0.05, 0.1) is 8.96 Å². The van der Waals surface area contributed by atoms with Gasteiger partial charge >= 0.3 is 0 Å². The topological polar surface area (TPSA) is 42.1 Å². The van der Waals surface area contributed by atoms with Crippen LogP contribution in [0.4, 0.5) is 0 Å². The molecule has 0 amide bonds. The van der Waals surface area contributed by atoms with Crippen LogP contribution in [0.3, 0.4) is 0 Å². The normalized spacial score (nSPS) is 26.5. The molecule has 0 atom stereocenters. The summed E-state index contributed by atoms with van der Waals surface area (Å²) in [5.41, 5.74) is 0. The third-order valence-electron chi connectivity index (χ3n) is 1.37. The maximum Gasteiger partial charge on any atom is 0.273 e. The predicted molar refractivity (Wildman–Crippen MR) is 43.9 cm³/mol. The highest BCUT2D eigenvalue weighted by molar-refractivity contribution is 9.13. The summed E-state index contributed by atoms with van der Waals surface area (Å²) < 4.78 is 0.897. The molecular formula is C6H2Br2O3. The SMILES string of the molecule is O=C1C(Br)=CC2(C=C1Br)OO2. The molecule has 1 fully saturated rings. The van der Waals surface area contributed by atoms with Gasteiger partial charge in [0.2, 0.25) is 5.78 Å². The Labute approximate surface area is 79.2 Å². The lowest BCUT2D eigenvalue weighted by Crippen LogP contribution is -2.13. The molecule has 0 aromatic heterocycles. The van der Waals surface area contributed by atoms with Crippen molar-refractivity contribution in [1.29, 1.82) is 0 Å². The summed E-state index contributed by atoms with van der Waals surface area (Å²) >= 11 is 6.18. The van der Waals surface area contributed by atoms with Crippen molar-refractivity contribution in [2.75, 3.05) is 0 Å². The fourth-order valence-electron chi connectivity index (χ4n) is 0.784. The van der Waals surface area contributed by atoms with Crippen molar-refractivity contribution >= 4 is 37.6 Å². The molecule has 1 aliphatic carbocycles. The molecule has 0 radical (unpaired) electrons. The monoisotopic (exact) mass is 280 g/mol. The van der Waals surface area contributed by atoms with E-state index in [2.05, 4.69) is 41.6 Å². The molecule has 0 aromatic rings. The van der Waals surface area contributed by atoms with E-state index >= 15 is 0 Å². The van der Waals surface area contributed by atoms with Crippen molar-refractivity contribution < 1.29 is 14.6 Å². The number of carbonyl (C=O) groups is 1. The molecule has 3 nitrogen and oxygen atoms in total. The van der Waals surface area contributed by atoms with Gasteiger partial charge < -0.3 is 0 Å². The summed E-state index contributed by atoms with van der Waals surface area (Å²) in [5, 5.41) is 0. The minimum atomic E-state index is -0.786. The Bertz CT molecular complexity index is 264. The second-order valence-electron chi connectivity index (χ2n) is 2.20. The van der Waals surface area contributed by atoms with Crippen LogP contribution < -0.4 is 0 Å². The van der Waals surface area contributed by atoms with Gasteiger partial charge in [-0.3, -0.25) is 4.79 Å². The zero-order valence-corrected chi connectivity index (χ0v) is 8.31. The van der Waals surface area contributed by atoms with Gasteiger partial charge in [-0.15, -0.1) is 0 Å². The van der Waals surface area contributed by atoms with Crippen molar-refractivity contribution in [1.82, 2.24) is 0 Å². The number of carbonyl (C=O) groups excluding carboxylic acids is 1. The average Bonchev–Trinajstić information content (AvgIpc) is 2.65. The fourth-order valence-corrected chi connectivity index (χ4v) is 2.12. The minimum Gasteiger partial charge on any atom is -0.287 e. The molecule has 0 bridgehead atoms. The van der Waals surface area contributed by atoms with Crippen molar-refractivity contribution in [3.05, 3.63) is 21.1 Å². The molecule has 2 rings (SSSR count). The predicted octanol–water partition coefficient (Wildman–Crippen LogP) is 1.78. The van der Waals surface area contributed by atoms with E-state index in [0.29, 0.717) is 8.96 Å². The summed E-state index contributed by atoms with van der Waals surface area (Å²) in [6, 6.07) is 0. The van der Waals surface area contributed by atoms with Crippen LogP contribution in [-0.4, -0.2) is 11.6 Å². The van der Waals surface area contributed by atoms with Crippen LogP contribution in [-0.2, 0) is 14.6 Å². The number of halogens is 2. The lowest BCUT2D eigenvalue weighted by atomic mass is 10.1. The molecule has 0 unspecified atom stereocenters. The first-order valence-corrected chi connectivity index (χ1v) is 4.40. The van der Waals surface area contributed by atoms with Crippen molar-refractivity contribution in [3.63, 3.8) is 0 Å². The Hall–Kier alpha value is 0.0300. The second kappa shape index (κ2) is 2.26. The summed E-state index contributed by atoms with van der Waals surface area (Å²) in [6.07, 6.45) is 3.14. The van der Waals surface area contributed by atoms with E-state index in [0.717, 1.165) is 0 Å². The summed E-state index contributed by atoms with van der Waals surface area (Å²) in [6.45, 7) is 0. The first kappa shape index (κ1) is 7.67. The summed E-state index contributed by atoms with van der Waals surface area (Å²) in [7, 11) is 0. The van der Waals surface area contributed by atoms with Crippen LogP contribution in [0.5, 0.6) is 0 Å². The largest absolute Gasteiger partial charge is 0.287 e. The molecule has 0 aromatic carbocycles. The van der Waals surface area contributed by atoms with Gasteiger partial charge in [-0.05, 0) is 31.9 Å². The van der Waals surface area contributed by atoms with Gasteiger partial charge in [0, 0.05) is 12.2 Å². The average molecular weight is 282 g/mol. The van der Waals surface area contributed by atoms with Gasteiger partial charge in [-0.2, -0.15) is 9.78 Å². The molecule has 11 heavy (non-hydrogen) atoms. The molecule has 1 heterocycles. The second-order valence-corrected chi connectivity index (χ2v) is 3.91. The van der Waals surface area contributed by atoms with Gasteiger partial charge in [0.15, 0.2) is 0 Å². The number of hydrogen-bond acceptors (Lipinski definition) is 3. The van der Waals surface area contributed by atoms with Gasteiger partial charge in [-0.1, -0.05) is 0 Å². The third kappa shape index (κ3) is 1.22. The van der Waals surface area contributed by atoms with Crippen LogP contribution in [0.15, 0.2) is 21.1 Å². The highest BCUT2D eigenvalue weighted by atomic mass is 79.9. The number of allylic oxidation sites excluding steroid dienone is 2. The first-order valence-electron chi connectivity index (χ1n) is 2.81. The van der Waals surface area contributed by atoms with E-state index in [1.54, 1.807) is 12.2 Å². The minimum absolute atomic E-state index is 0.102. The molecule has 58 valence electrons. The summed E-state index contributed by atoms with van der Waals surface area (Å²) in [5.74, 6) is -0.888. The van der Waals surface area contributed by atoms with E-state index in [-0.39, 0.29) is 5.78 Å². The molecule has 1 saturated heterocycles. The van der Waals surface area contributed by atoms with E-state index in [1.807, 2.05) is 0 Å². The maximum absolute atomic E-state index is 11.1. The number of rotatable bonds is 0. The van der Waals surface area contributed by atoms with Crippen molar-refractivity contribution in [3.8, 4) is 0 Å². The number of hydrogen-bond donors (Lipinski definition) is 0. The van der Waals surface area contributed by atoms with Crippen molar-refractivity contribution in [2.24, 2.45) is 0 Å². The van der Waals surface area contributed by atoms with E-state index < -0.39 is 5.79 Å². The fraction of sp³-hybridized carbons (Fsp3) is 0.167. The first-order chi connectivity index (χ1) is 5.13. The van der Waals surface area contributed by atoms with Gasteiger partial charge in [0.25, 0.3) is 5.79 Å². The molecule has 1 aliphatic heterocycles. The molecule has 2 aliphatic rings. The molecule has 0 saturated carbocycles.